The summed E-state index contributed by atoms with van der Waals surface area (Å²) in [6.07, 6.45) is 4.53. The molecule has 1 unspecified atom stereocenters. The highest BCUT2D eigenvalue weighted by atomic mass is 16.5. The van der Waals surface area contributed by atoms with E-state index in [1.54, 1.807) is 14.2 Å². The number of urea groups is 1. The highest BCUT2D eigenvalue weighted by Gasteiger charge is 2.34. The lowest BCUT2D eigenvalue weighted by molar-refractivity contribution is -0.130. The molecule has 2 heterocycles. The van der Waals surface area contributed by atoms with Crippen molar-refractivity contribution in [1.29, 1.82) is 0 Å². The molecule has 1 aromatic rings. The molecule has 0 spiro atoms. The summed E-state index contributed by atoms with van der Waals surface area (Å²) in [5.41, 5.74) is 1.17. The zero-order chi connectivity index (χ0) is 19.2. The monoisotopic (exact) mass is 373 g/mol. The lowest BCUT2D eigenvalue weighted by atomic mass is 9.84. The van der Waals surface area contributed by atoms with Crippen LogP contribution in [0.1, 0.15) is 31.2 Å². The highest BCUT2D eigenvalue weighted by molar-refractivity contribution is 5.76. The van der Waals surface area contributed by atoms with E-state index in [0.29, 0.717) is 18.3 Å². The number of ether oxygens (including phenoxy) is 1. The van der Waals surface area contributed by atoms with Crippen LogP contribution in [0.4, 0.5) is 4.79 Å². The minimum atomic E-state index is 0.0233. The summed E-state index contributed by atoms with van der Waals surface area (Å²) in [6, 6.07) is 7.96. The Hall–Kier alpha value is -2.24. The van der Waals surface area contributed by atoms with Gasteiger partial charge in [0.15, 0.2) is 0 Å². The third-order valence-corrected chi connectivity index (χ3v) is 6.07. The van der Waals surface area contributed by atoms with Crippen LogP contribution in [0.5, 0.6) is 5.75 Å². The molecule has 148 valence electrons. The molecule has 0 aromatic heterocycles. The van der Waals surface area contributed by atoms with E-state index in [-0.39, 0.29) is 11.9 Å². The van der Waals surface area contributed by atoms with Crippen molar-refractivity contribution in [2.45, 2.75) is 32.1 Å². The standard InChI is InChI=1S/C21H31N3O3/c1-22-21(26)23-12-9-17(10-13-23)18-11-14-24(15-18)20(25)8-5-16-3-6-19(27-2)7-4-16/h3-4,6-7,17-18H,5,8-15H2,1-2H3,(H,22,26). The summed E-state index contributed by atoms with van der Waals surface area (Å²) in [6.45, 7) is 3.41. The number of hydrogen-bond acceptors (Lipinski definition) is 3. The highest BCUT2D eigenvalue weighted by Crippen LogP contribution is 2.32. The lowest BCUT2D eigenvalue weighted by Gasteiger charge is -2.34. The second-order valence-electron chi connectivity index (χ2n) is 7.62. The number of amides is 3. The van der Waals surface area contributed by atoms with Crippen LogP contribution in [0.15, 0.2) is 24.3 Å². The number of nitrogens with one attached hydrogen (secondary N) is 1. The Morgan fingerprint density at radius 2 is 1.67 bits per heavy atom. The van der Waals surface area contributed by atoms with Gasteiger partial charge in [0.1, 0.15) is 5.75 Å². The van der Waals surface area contributed by atoms with E-state index in [9.17, 15) is 9.59 Å². The van der Waals surface area contributed by atoms with Crippen molar-refractivity contribution in [3.05, 3.63) is 29.8 Å². The van der Waals surface area contributed by atoms with Crippen molar-refractivity contribution in [2.24, 2.45) is 11.8 Å². The Bertz CT molecular complexity index is 639. The second kappa shape index (κ2) is 9.11. The summed E-state index contributed by atoms with van der Waals surface area (Å²) >= 11 is 0. The van der Waals surface area contributed by atoms with E-state index in [2.05, 4.69) is 5.32 Å². The first kappa shape index (κ1) is 19.5. The van der Waals surface area contributed by atoms with Gasteiger partial charge in [-0.15, -0.1) is 0 Å². The summed E-state index contributed by atoms with van der Waals surface area (Å²) in [7, 11) is 3.34. The van der Waals surface area contributed by atoms with Gasteiger partial charge in [-0.2, -0.15) is 0 Å². The van der Waals surface area contributed by atoms with Gasteiger partial charge < -0.3 is 19.9 Å². The van der Waals surface area contributed by atoms with Crippen LogP contribution < -0.4 is 10.1 Å². The van der Waals surface area contributed by atoms with Gasteiger partial charge in [0.05, 0.1) is 7.11 Å². The van der Waals surface area contributed by atoms with Crippen molar-refractivity contribution in [3.63, 3.8) is 0 Å². The third kappa shape index (κ3) is 4.93. The Balaban J connectivity index is 1.42. The molecule has 0 saturated carbocycles. The molecule has 1 N–H and O–H groups in total. The average Bonchev–Trinajstić information content (AvgIpc) is 3.22. The maximum atomic E-state index is 12.6. The number of methoxy groups -OCH3 is 1. The number of aryl methyl sites for hydroxylation is 1. The van der Waals surface area contributed by atoms with Gasteiger partial charge in [0.2, 0.25) is 5.91 Å². The molecule has 2 fully saturated rings. The number of nitrogens with zero attached hydrogens (tertiary/aromatic N) is 2. The quantitative estimate of drug-likeness (QED) is 0.863. The van der Waals surface area contributed by atoms with Gasteiger partial charge in [0, 0.05) is 39.6 Å². The van der Waals surface area contributed by atoms with Crippen LogP contribution in [0.25, 0.3) is 0 Å². The topological polar surface area (TPSA) is 61.9 Å². The fourth-order valence-corrected chi connectivity index (χ4v) is 4.33. The molecule has 1 atom stereocenters. The Labute approximate surface area is 161 Å². The van der Waals surface area contributed by atoms with E-state index in [4.69, 9.17) is 4.74 Å². The summed E-state index contributed by atoms with van der Waals surface area (Å²) in [4.78, 5) is 28.2. The summed E-state index contributed by atoms with van der Waals surface area (Å²) < 4.78 is 5.17. The molecule has 27 heavy (non-hydrogen) atoms. The van der Waals surface area contributed by atoms with E-state index < -0.39 is 0 Å². The van der Waals surface area contributed by atoms with Gasteiger partial charge in [-0.3, -0.25) is 4.79 Å². The fourth-order valence-electron chi connectivity index (χ4n) is 4.33. The lowest BCUT2D eigenvalue weighted by Crippen LogP contribution is -2.44. The maximum absolute atomic E-state index is 12.6. The van der Waals surface area contributed by atoms with Crippen LogP contribution in [-0.2, 0) is 11.2 Å². The molecule has 3 amide bonds. The third-order valence-electron chi connectivity index (χ3n) is 6.07. The van der Waals surface area contributed by atoms with Crippen LogP contribution in [0.3, 0.4) is 0 Å². The first-order valence-corrected chi connectivity index (χ1v) is 9.98. The minimum absolute atomic E-state index is 0.0233. The molecule has 6 nitrogen and oxygen atoms in total. The first-order chi connectivity index (χ1) is 13.1. The molecule has 0 aliphatic carbocycles. The average molecular weight is 373 g/mol. The molecule has 1 aromatic carbocycles. The largest absolute Gasteiger partial charge is 0.497 e. The summed E-state index contributed by atoms with van der Waals surface area (Å²) in [5.74, 6) is 2.32. The van der Waals surface area contributed by atoms with Gasteiger partial charge in [0.25, 0.3) is 0 Å². The molecule has 0 bridgehead atoms. The number of benzene rings is 1. The van der Waals surface area contributed by atoms with Crippen molar-refractivity contribution in [2.75, 3.05) is 40.3 Å². The number of rotatable bonds is 5. The molecular weight excluding hydrogens is 342 g/mol. The smallest absolute Gasteiger partial charge is 0.317 e. The number of hydrogen-bond donors (Lipinski definition) is 1. The SMILES string of the molecule is CNC(=O)N1CCC(C2CCN(C(=O)CCc3ccc(OC)cc3)C2)CC1. The molecule has 6 heteroatoms. The van der Waals surface area contributed by atoms with Crippen LogP contribution in [-0.4, -0.2) is 62.1 Å². The first-order valence-electron chi connectivity index (χ1n) is 9.98. The second-order valence-corrected chi connectivity index (χ2v) is 7.62. The Morgan fingerprint density at radius 3 is 2.30 bits per heavy atom. The number of piperidine rings is 1. The molecule has 2 aliphatic rings. The zero-order valence-corrected chi connectivity index (χ0v) is 16.4. The predicted molar refractivity (Wildman–Crippen MR) is 105 cm³/mol. The number of likely N-dealkylation sites (tertiary alicyclic amines) is 2. The van der Waals surface area contributed by atoms with Crippen molar-refractivity contribution in [1.82, 2.24) is 15.1 Å². The van der Waals surface area contributed by atoms with Crippen LogP contribution in [0.2, 0.25) is 0 Å². The molecule has 3 rings (SSSR count). The van der Waals surface area contributed by atoms with Gasteiger partial charge in [-0.1, -0.05) is 12.1 Å². The molecular formula is C21H31N3O3. The van der Waals surface area contributed by atoms with Gasteiger partial charge in [-0.25, -0.2) is 4.79 Å². The predicted octanol–water partition coefficient (Wildman–Crippen LogP) is 2.53. The van der Waals surface area contributed by atoms with E-state index in [1.807, 2.05) is 34.1 Å². The summed E-state index contributed by atoms with van der Waals surface area (Å²) in [5, 5.41) is 2.70. The minimum Gasteiger partial charge on any atom is -0.497 e. The Kier molecular flexibility index (Phi) is 6.58. The van der Waals surface area contributed by atoms with Crippen LogP contribution >= 0.6 is 0 Å². The van der Waals surface area contributed by atoms with E-state index in [0.717, 1.165) is 57.6 Å². The normalized spacial score (nSPS) is 20.6. The van der Waals surface area contributed by atoms with Gasteiger partial charge >= 0.3 is 6.03 Å². The van der Waals surface area contributed by atoms with Crippen molar-refractivity contribution in [3.8, 4) is 5.75 Å². The van der Waals surface area contributed by atoms with E-state index in [1.165, 1.54) is 5.56 Å². The number of carbonyl (C=O) groups is 2. The molecule has 2 saturated heterocycles. The van der Waals surface area contributed by atoms with Crippen molar-refractivity contribution < 1.29 is 14.3 Å². The Morgan fingerprint density at radius 1 is 1.04 bits per heavy atom. The van der Waals surface area contributed by atoms with Crippen molar-refractivity contribution >= 4 is 11.9 Å². The molecule has 2 aliphatic heterocycles. The maximum Gasteiger partial charge on any atom is 0.317 e. The van der Waals surface area contributed by atoms with Crippen LogP contribution in [0, 0.1) is 11.8 Å². The fraction of sp³-hybridized carbons (Fsp3) is 0.619. The van der Waals surface area contributed by atoms with Gasteiger partial charge in [-0.05, 0) is 55.2 Å². The number of carbonyl (C=O) groups excluding carboxylic acids is 2. The zero-order valence-electron chi connectivity index (χ0n) is 16.4. The molecule has 0 radical (unpaired) electrons. The van der Waals surface area contributed by atoms with E-state index >= 15 is 0 Å².